The van der Waals surface area contributed by atoms with Gasteiger partial charge in [-0.05, 0) is 24.1 Å². The third-order valence-corrected chi connectivity index (χ3v) is 3.56. The summed E-state index contributed by atoms with van der Waals surface area (Å²) in [6, 6.07) is 4.33. The van der Waals surface area contributed by atoms with Gasteiger partial charge in [-0.2, -0.15) is 0 Å². The molecule has 1 fully saturated rings. The molecule has 1 aliphatic heterocycles. The van der Waals surface area contributed by atoms with E-state index in [-0.39, 0.29) is 18.1 Å². The molecule has 124 valence electrons. The van der Waals surface area contributed by atoms with E-state index in [1.54, 1.807) is 6.07 Å². The maximum atomic E-state index is 9.78. The highest BCUT2D eigenvalue weighted by atomic mass is 16.7. The zero-order valence-electron chi connectivity index (χ0n) is 11.7. The number of benzene rings is 1. The van der Waals surface area contributed by atoms with Crippen molar-refractivity contribution in [2.45, 2.75) is 37.1 Å². The van der Waals surface area contributed by atoms with Crippen LogP contribution in [0.1, 0.15) is 5.56 Å². The van der Waals surface area contributed by atoms with E-state index in [1.807, 2.05) is 0 Å². The average Bonchev–Trinajstić information content (AvgIpc) is 2.51. The Kier molecular flexibility index (Phi) is 5.57. The van der Waals surface area contributed by atoms with Crippen molar-refractivity contribution in [3.05, 3.63) is 23.8 Å². The molecule has 0 radical (unpaired) electrons. The number of ether oxygens (including phenoxy) is 2. The summed E-state index contributed by atoms with van der Waals surface area (Å²) in [5.41, 5.74) is 0.694. The summed E-state index contributed by atoms with van der Waals surface area (Å²) in [6.07, 6.45) is -6.17. The Balaban J connectivity index is 1.88. The van der Waals surface area contributed by atoms with E-state index in [4.69, 9.17) is 14.6 Å². The van der Waals surface area contributed by atoms with Crippen LogP contribution in [-0.4, -0.2) is 74.6 Å². The zero-order valence-corrected chi connectivity index (χ0v) is 11.7. The lowest BCUT2D eigenvalue weighted by atomic mass is 9.99. The number of phenols is 2. The number of aliphatic hydroxyl groups excluding tert-OH is 4. The Morgan fingerprint density at radius 3 is 2.36 bits per heavy atom. The maximum Gasteiger partial charge on any atom is 0.186 e. The molecule has 0 spiro atoms. The second-order valence-electron chi connectivity index (χ2n) is 5.14. The Morgan fingerprint density at radius 2 is 1.73 bits per heavy atom. The van der Waals surface area contributed by atoms with Gasteiger partial charge in [-0.25, -0.2) is 0 Å². The van der Waals surface area contributed by atoms with Crippen LogP contribution in [0.15, 0.2) is 18.2 Å². The summed E-state index contributed by atoms with van der Waals surface area (Å²) in [4.78, 5) is 0. The van der Waals surface area contributed by atoms with Crippen molar-refractivity contribution in [3.8, 4) is 11.5 Å². The van der Waals surface area contributed by atoms with Gasteiger partial charge in [-0.15, -0.1) is 0 Å². The van der Waals surface area contributed by atoms with E-state index in [0.717, 1.165) is 0 Å². The van der Waals surface area contributed by atoms with Gasteiger partial charge in [0.25, 0.3) is 0 Å². The van der Waals surface area contributed by atoms with Crippen molar-refractivity contribution in [1.82, 2.24) is 0 Å². The minimum absolute atomic E-state index is 0.104. The first-order chi connectivity index (χ1) is 10.4. The number of hydrogen-bond donors (Lipinski definition) is 6. The molecule has 0 amide bonds. The van der Waals surface area contributed by atoms with E-state index in [2.05, 4.69) is 0 Å². The van der Waals surface area contributed by atoms with E-state index in [9.17, 15) is 25.5 Å². The Hall–Kier alpha value is -1.42. The number of phenolic OH excluding ortho intramolecular Hbond substituents is 2. The van der Waals surface area contributed by atoms with Gasteiger partial charge in [0.2, 0.25) is 0 Å². The van der Waals surface area contributed by atoms with Crippen LogP contribution < -0.4 is 0 Å². The number of rotatable bonds is 5. The molecule has 1 aromatic rings. The number of hydrogen-bond acceptors (Lipinski definition) is 8. The monoisotopic (exact) mass is 316 g/mol. The Bertz CT molecular complexity index is 492. The molecule has 1 heterocycles. The standard InChI is InChI=1S/C14H20O8/c15-6-10-11(18)12(19)13(20)14(22-10)21-4-3-7-1-2-8(16)9(17)5-7/h1-2,5,10-20H,3-4,6H2/t10-,11+,12+,13+,14+/m0/s1. The minimum Gasteiger partial charge on any atom is -0.504 e. The lowest BCUT2D eigenvalue weighted by molar-refractivity contribution is -0.300. The SMILES string of the molecule is OC[C@@H]1O[C@@H](OCCc2ccc(O)c(O)c2)[C@H](O)[C@H](O)[C@@H]1O. The molecule has 6 N–H and O–H groups in total. The molecule has 1 aliphatic rings. The molecule has 0 aliphatic carbocycles. The summed E-state index contributed by atoms with van der Waals surface area (Å²) in [5, 5.41) is 56.7. The topological polar surface area (TPSA) is 140 Å². The first kappa shape index (κ1) is 16.9. The van der Waals surface area contributed by atoms with Gasteiger partial charge < -0.3 is 40.1 Å². The zero-order chi connectivity index (χ0) is 16.3. The predicted molar refractivity (Wildman–Crippen MR) is 73.2 cm³/mol. The Morgan fingerprint density at radius 1 is 1.00 bits per heavy atom. The van der Waals surface area contributed by atoms with E-state index in [0.29, 0.717) is 12.0 Å². The highest BCUT2D eigenvalue weighted by molar-refractivity contribution is 5.40. The van der Waals surface area contributed by atoms with Gasteiger partial charge >= 0.3 is 0 Å². The molecule has 8 nitrogen and oxygen atoms in total. The van der Waals surface area contributed by atoms with E-state index in [1.165, 1.54) is 12.1 Å². The summed E-state index contributed by atoms with van der Waals surface area (Å²) in [5.74, 6) is -0.469. The molecular weight excluding hydrogens is 296 g/mol. The quantitative estimate of drug-likeness (QED) is 0.359. The van der Waals surface area contributed by atoms with Crippen LogP contribution in [-0.2, 0) is 15.9 Å². The maximum absolute atomic E-state index is 9.78. The first-order valence-electron chi connectivity index (χ1n) is 6.87. The van der Waals surface area contributed by atoms with Crippen molar-refractivity contribution in [3.63, 3.8) is 0 Å². The van der Waals surface area contributed by atoms with Gasteiger partial charge in [0.15, 0.2) is 17.8 Å². The summed E-state index contributed by atoms with van der Waals surface area (Å²) in [7, 11) is 0. The second-order valence-corrected chi connectivity index (χ2v) is 5.14. The van der Waals surface area contributed by atoms with Gasteiger partial charge in [-0.1, -0.05) is 6.07 Å². The highest BCUT2D eigenvalue weighted by Crippen LogP contribution is 2.25. The molecule has 8 heteroatoms. The minimum atomic E-state index is -1.48. The van der Waals surface area contributed by atoms with Crippen LogP contribution in [0.3, 0.4) is 0 Å². The van der Waals surface area contributed by atoms with E-state index < -0.39 is 37.3 Å². The fourth-order valence-electron chi connectivity index (χ4n) is 2.22. The van der Waals surface area contributed by atoms with Gasteiger partial charge in [-0.3, -0.25) is 0 Å². The first-order valence-corrected chi connectivity index (χ1v) is 6.87. The predicted octanol–water partition coefficient (Wildman–Crippen LogP) is -1.54. The van der Waals surface area contributed by atoms with Crippen LogP contribution in [0.4, 0.5) is 0 Å². The summed E-state index contributed by atoms with van der Waals surface area (Å²) >= 11 is 0. The van der Waals surface area contributed by atoms with Crippen molar-refractivity contribution in [2.75, 3.05) is 13.2 Å². The molecule has 0 saturated carbocycles. The van der Waals surface area contributed by atoms with Crippen LogP contribution in [0.5, 0.6) is 11.5 Å². The summed E-state index contributed by atoms with van der Waals surface area (Å²) in [6.45, 7) is -0.413. The second kappa shape index (κ2) is 7.23. The third-order valence-electron chi connectivity index (χ3n) is 3.56. The molecule has 22 heavy (non-hydrogen) atoms. The van der Waals surface area contributed by atoms with Crippen LogP contribution >= 0.6 is 0 Å². The third kappa shape index (κ3) is 3.67. The van der Waals surface area contributed by atoms with Crippen molar-refractivity contribution < 1.29 is 40.1 Å². The lowest BCUT2D eigenvalue weighted by Crippen LogP contribution is -2.59. The number of aliphatic hydroxyl groups is 4. The molecule has 0 unspecified atom stereocenters. The van der Waals surface area contributed by atoms with Gasteiger partial charge in [0.1, 0.15) is 24.4 Å². The fourth-order valence-corrected chi connectivity index (χ4v) is 2.22. The lowest BCUT2D eigenvalue weighted by Gasteiger charge is -2.39. The molecule has 0 aromatic heterocycles. The normalized spacial score (nSPS) is 32.1. The Labute approximate surface area is 126 Å². The van der Waals surface area contributed by atoms with Crippen LogP contribution in [0.25, 0.3) is 0 Å². The highest BCUT2D eigenvalue weighted by Gasteiger charge is 2.43. The van der Waals surface area contributed by atoms with Gasteiger partial charge in [0.05, 0.1) is 13.2 Å². The van der Waals surface area contributed by atoms with Crippen molar-refractivity contribution >= 4 is 0 Å². The summed E-state index contributed by atoms with van der Waals surface area (Å²) < 4.78 is 10.5. The van der Waals surface area contributed by atoms with Gasteiger partial charge in [0, 0.05) is 0 Å². The van der Waals surface area contributed by atoms with Crippen LogP contribution in [0, 0.1) is 0 Å². The smallest absolute Gasteiger partial charge is 0.186 e. The molecule has 1 aromatic carbocycles. The van der Waals surface area contributed by atoms with Crippen molar-refractivity contribution in [1.29, 1.82) is 0 Å². The number of aromatic hydroxyl groups is 2. The average molecular weight is 316 g/mol. The molecular formula is C14H20O8. The fraction of sp³-hybridized carbons (Fsp3) is 0.571. The largest absolute Gasteiger partial charge is 0.504 e. The van der Waals surface area contributed by atoms with Crippen LogP contribution in [0.2, 0.25) is 0 Å². The molecule has 2 rings (SSSR count). The van der Waals surface area contributed by atoms with E-state index >= 15 is 0 Å². The molecule has 1 saturated heterocycles. The molecule has 0 bridgehead atoms. The molecule has 5 atom stereocenters. The van der Waals surface area contributed by atoms with Crippen molar-refractivity contribution in [2.24, 2.45) is 0 Å².